The van der Waals surface area contributed by atoms with E-state index in [1.165, 1.54) is 16.9 Å². The Morgan fingerprint density at radius 3 is 2.73 bits per heavy atom. The number of ether oxygens (including phenoxy) is 2. The van der Waals surface area contributed by atoms with Gasteiger partial charge in [0.25, 0.3) is 5.91 Å². The maximum atomic E-state index is 12.5. The molecule has 0 saturated carbocycles. The van der Waals surface area contributed by atoms with E-state index in [2.05, 4.69) is 12.1 Å². The quantitative estimate of drug-likeness (QED) is 0.812. The highest BCUT2D eigenvalue weighted by molar-refractivity contribution is 7.12. The fourth-order valence-electron chi connectivity index (χ4n) is 3.94. The van der Waals surface area contributed by atoms with E-state index < -0.39 is 0 Å². The van der Waals surface area contributed by atoms with Crippen LogP contribution in [0, 0.1) is 0 Å². The van der Waals surface area contributed by atoms with Crippen molar-refractivity contribution >= 4 is 17.2 Å². The maximum absolute atomic E-state index is 12.5. The normalized spacial score (nSPS) is 22.5. The van der Waals surface area contributed by atoms with Crippen LogP contribution in [0.1, 0.15) is 40.9 Å². The van der Waals surface area contributed by atoms with Gasteiger partial charge in [-0.1, -0.05) is 36.4 Å². The lowest BCUT2D eigenvalue weighted by Gasteiger charge is -2.46. The van der Waals surface area contributed by atoms with E-state index in [9.17, 15) is 4.79 Å². The third-order valence-corrected chi connectivity index (χ3v) is 6.33. The highest BCUT2D eigenvalue weighted by atomic mass is 32.1. The summed E-state index contributed by atoms with van der Waals surface area (Å²) in [5, 5.41) is 1.96. The Hall–Kier alpha value is -1.69. The molecule has 1 spiro atoms. The van der Waals surface area contributed by atoms with Crippen molar-refractivity contribution in [1.82, 2.24) is 4.90 Å². The highest BCUT2D eigenvalue weighted by Crippen LogP contribution is 2.36. The summed E-state index contributed by atoms with van der Waals surface area (Å²) >= 11 is 1.51. The maximum Gasteiger partial charge on any atom is 0.263 e. The number of carbonyl (C=O) groups excluding carboxylic acids is 1. The second-order valence-electron chi connectivity index (χ2n) is 7.21. The van der Waals surface area contributed by atoms with Crippen LogP contribution in [0.15, 0.2) is 47.8 Å². The second kappa shape index (κ2) is 7.91. The molecule has 0 radical (unpaired) electrons. The van der Waals surface area contributed by atoms with Gasteiger partial charge in [0.05, 0.1) is 23.2 Å². The summed E-state index contributed by atoms with van der Waals surface area (Å²) in [6, 6.07) is 14.2. The monoisotopic (exact) mass is 371 g/mol. The number of hydrogen-bond acceptors (Lipinski definition) is 4. The molecule has 2 aliphatic rings. The van der Waals surface area contributed by atoms with Crippen LogP contribution in [0.5, 0.6) is 0 Å². The first-order valence-corrected chi connectivity index (χ1v) is 10.2. The van der Waals surface area contributed by atoms with Crippen LogP contribution < -0.4 is 0 Å². The summed E-state index contributed by atoms with van der Waals surface area (Å²) in [7, 11) is 0. The van der Waals surface area contributed by atoms with E-state index in [0.29, 0.717) is 6.61 Å². The summed E-state index contributed by atoms with van der Waals surface area (Å²) in [6.45, 7) is 2.94. The van der Waals surface area contributed by atoms with E-state index in [4.69, 9.17) is 9.47 Å². The minimum Gasteiger partial charge on any atom is -0.375 e. The predicted molar refractivity (Wildman–Crippen MR) is 102 cm³/mol. The van der Waals surface area contributed by atoms with Gasteiger partial charge >= 0.3 is 0 Å². The van der Waals surface area contributed by atoms with Gasteiger partial charge in [-0.15, -0.1) is 11.3 Å². The largest absolute Gasteiger partial charge is 0.375 e. The lowest BCUT2D eigenvalue weighted by molar-refractivity contribution is -0.154. The first kappa shape index (κ1) is 17.7. The van der Waals surface area contributed by atoms with Gasteiger partial charge < -0.3 is 14.4 Å². The SMILES string of the molecule is O=C(c1cccs1)N1CCC2(CC1)CC(OCc1ccccc1)CCO2. The molecular weight excluding hydrogens is 346 g/mol. The van der Waals surface area contributed by atoms with Gasteiger partial charge in [-0.25, -0.2) is 0 Å². The Balaban J connectivity index is 1.31. The minimum absolute atomic E-state index is 0.119. The molecule has 138 valence electrons. The molecule has 2 saturated heterocycles. The van der Waals surface area contributed by atoms with Gasteiger partial charge in [0.15, 0.2) is 0 Å². The minimum atomic E-state index is -0.119. The van der Waals surface area contributed by atoms with Crippen LogP contribution in [0.3, 0.4) is 0 Å². The van der Waals surface area contributed by atoms with Crippen LogP contribution in [0.4, 0.5) is 0 Å². The Labute approximate surface area is 158 Å². The Morgan fingerprint density at radius 2 is 2.00 bits per heavy atom. The summed E-state index contributed by atoms with van der Waals surface area (Å²) in [5.41, 5.74) is 1.09. The van der Waals surface area contributed by atoms with Crippen molar-refractivity contribution in [3.05, 3.63) is 58.3 Å². The fraction of sp³-hybridized carbons (Fsp3) is 0.476. The van der Waals surface area contributed by atoms with E-state index in [-0.39, 0.29) is 17.6 Å². The zero-order valence-corrected chi connectivity index (χ0v) is 15.7. The average Bonchev–Trinajstić information content (AvgIpc) is 3.22. The molecule has 0 N–H and O–H groups in total. The van der Waals surface area contributed by atoms with Gasteiger partial charge in [0, 0.05) is 26.1 Å². The van der Waals surface area contributed by atoms with Crippen molar-refractivity contribution in [3.8, 4) is 0 Å². The van der Waals surface area contributed by atoms with Crippen molar-refractivity contribution in [3.63, 3.8) is 0 Å². The molecule has 0 aliphatic carbocycles. The van der Waals surface area contributed by atoms with Gasteiger partial charge in [-0.3, -0.25) is 4.79 Å². The Bertz CT molecular complexity index is 708. The van der Waals surface area contributed by atoms with Gasteiger partial charge in [0.2, 0.25) is 0 Å². The van der Waals surface area contributed by atoms with Crippen LogP contribution in [0.25, 0.3) is 0 Å². The molecule has 0 bridgehead atoms. The molecular formula is C21H25NO3S. The molecule has 1 aromatic carbocycles. The first-order chi connectivity index (χ1) is 12.7. The number of thiophene rings is 1. The van der Waals surface area contributed by atoms with Crippen LogP contribution in [-0.4, -0.2) is 42.2 Å². The molecule has 2 fully saturated rings. The third kappa shape index (κ3) is 4.00. The molecule has 1 aromatic heterocycles. The van der Waals surface area contributed by atoms with E-state index in [1.807, 2.05) is 40.6 Å². The Morgan fingerprint density at radius 1 is 1.19 bits per heavy atom. The van der Waals surface area contributed by atoms with Crippen molar-refractivity contribution < 1.29 is 14.3 Å². The molecule has 2 aliphatic heterocycles. The molecule has 2 aromatic rings. The molecule has 1 unspecified atom stereocenters. The van der Waals surface area contributed by atoms with Crippen LogP contribution in [0.2, 0.25) is 0 Å². The van der Waals surface area contributed by atoms with Crippen molar-refractivity contribution in [1.29, 1.82) is 0 Å². The number of piperidine rings is 1. The molecule has 4 rings (SSSR count). The number of carbonyl (C=O) groups is 1. The van der Waals surface area contributed by atoms with Crippen molar-refractivity contribution in [2.45, 2.75) is 44.0 Å². The fourth-order valence-corrected chi connectivity index (χ4v) is 4.63. The van der Waals surface area contributed by atoms with Crippen molar-refractivity contribution in [2.75, 3.05) is 19.7 Å². The number of nitrogens with zero attached hydrogens (tertiary/aromatic N) is 1. The second-order valence-corrected chi connectivity index (χ2v) is 8.16. The van der Waals surface area contributed by atoms with E-state index in [0.717, 1.165) is 50.3 Å². The standard InChI is InChI=1S/C21H25NO3S/c23-20(19-7-4-14-26-19)22-11-9-21(10-12-22)15-18(8-13-25-21)24-16-17-5-2-1-3-6-17/h1-7,14,18H,8-13,15-16H2. The van der Waals surface area contributed by atoms with Gasteiger partial charge in [-0.2, -0.15) is 0 Å². The Kier molecular flexibility index (Phi) is 5.38. The van der Waals surface area contributed by atoms with Crippen LogP contribution >= 0.6 is 11.3 Å². The molecule has 5 heteroatoms. The summed E-state index contributed by atoms with van der Waals surface area (Å²) in [6.07, 6.45) is 3.92. The zero-order valence-electron chi connectivity index (χ0n) is 14.9. The molecule has 3 heterocycles. The summed E-state index contributed by atoms with van der Waals surface area (Å²) in [4.78, 5) is 15.3. The number of benzene rings is 1. The van der Waals surface area contributed by atoms with Crippen molar-refractivity contribution in [2.24, 2.45) is 0 Å². The summed E-state index contributed by atoms with van der Waals surface area (Å²) < 4.78 is 12.4. The number of rotatable bonds is 4. The third-order valence-electron chi connectivity index (χ3n) is 5.47. The molecule has 1 amide bonds. The molecule has 26 heavy (non-hydrogen) atoms. The zero-order chi connectivity index (χ0) is 17.8. The molecule has 1 atom stereocenters. The predicted octanol–water partition coefficient (Wildman–Crippen LogP) is 4.12. The van der Waals surface area contributed by atoms with Crippen LogP contribution in [-0.2, 0) is 16.1 Å². The number of likely N-dealkylation sites (tertiary alicyclic amines) is 1. The number of hydrogen-bond donors (Lipinski definition) is 0. The van der Waals surface area contributed by atoms with Gasteiger partial charge in [-0.05, 0) is 36.3 Å². The molecule has 4 nitrogen and oxygen atoms in total. The first-order valence-electron chi connectivity index (χ1n) is 9.36. The highest BCUT2D eigenvalue weighted by Gasteiger charge is 2.41. The van der Waals surface area contributed by atoms with E-state index in [1.54, 1.807) is 0 Å². The van der Waals surface area contributed by atoms with Gasteiger partial charge in [0.1, 0.15) is 0 Å². The summed E-state index contributed by atoms with van der Waals surface area (Å²) in [5.74, 6) is 0.155. The lowest BCUT2D eigenvalue weighted by atomic mass is 9.83. The topological polar surface area (TPSA) is 38.8 Å². The van der Waals surface area contributed by atoms with E-state index >= 15 is 0 Å². The lowest BCUT2D eigenvalue weighted by Crippen LogP contribution is -2.51. The average molecular weight is 372 g/mol. The number of amides is 1. The smallest absolute Gasteiger partial charge is 0.263 e.